The average Bonchev–Trinajstić information content (AvgIpc) is 3.00. The summed E-state index contributed by atoms with van der Waals surface area (Å²) < 4.78 is 10.5. The first-order valence-electron chi connectivity index (χ1n) is 13.7. The van der Waals surface area contributed by atoms with Gasteiger partial charge in [-0.3, -0.25) is 9.78 Å². The van der Waals surface area contributed by atoms with Gasteiger partial charge in [-0.25, -0.2) is 9.78 Å². The summed E-state index contributed by atoms with van der Waals surface area (Å²) in [7, 11) is 2.97. The first-order valence-corrected chi connectivity index (χ1v) is 13.7. The van der Waals surface area contributed by atoms with E-state index in [1.165, 1.54) is 26.5 Å². The molecule has 0 unspecified atom stereocenters. The third-order valence-corrected chi connectivity index (χ3v) is 7.02. The van der Waals surface area contributed by atoms with Crippen molar-refractivity contribution in [1.29, 1.82) is 0 Å². The molecule has 5 rings (SSSR count). The van der Waals surface area contributed by atoms with Gasteiger partial charge >= 0.3 is 12.0 Å². The van der Waals surface area contributed by atoms with Crippen LogP contribution >= 0.6 is 0 Å². The summed E-state index contributed by atoms with van der Waals surface area (Å²) in [4.78, 5) is 37.5. The Morgan fingerprint density at radius 2 is 1.61 bits per heavy atom. The van der Waals surface area contributed by atoms with E-state index in [2.05, 4.69) is 52.4 Å². The minimum Gasteiger partial charge on any atom is -0.480 e. The lowest BCUT2D eigenvalue weighted by Gasteiger charge is -2.20. The highest BCUT2D eigenvalue weighted by atomic mass is 16.5. The maximum absolute atomic E-state index is 12.5. The number of nitrogens with zero attached hydrogens (tertiary/aromatic N) is 3. The van der Waals surface area contributed by atoms with Crippen LogP contribution in [-0.2, 0) is 5.41 Å². The van der Waals surface area contributed by atoms with Gasteiger partial charge in [-0.15, -0.1) is 0 Å². The van der Waals surface area contributed by atoms with Gasteiger partial charge in [0.15, 0.2) is 0 Å². The van der Waals surface area contributed by atoms with Crippen molar-refractivity contribution in [3.8, 4) is 23.0 Å². The normalized spacial score (nSPS) is 11.2. The maximum atomic E-state index is 12.5. The minimum absolute atomic E-state index is 0.0531. The number of hydrogen-bond acceptors (Lipinski definition) is 9. The van der Waals surface area contributed by atoms with Gasteiger partial charge < -0.3 is 30.9 Å². The molecule has 224 valence electrons. The number of carboxylic acids is 1. The quantitative estimate of drug-likeness (QED) is 0.153. The van der Waals surface area contributed by atoms with Crippen molar-refractivity contribution in [3.63, 3.8) is 0 Å². The molecule has 2 heterocycles. The van der Waals surface area contributed by atoms with Gasteiger partial charge in [0.1, 0.15) is 0 Å². The van der Waals surface area contributed by atoms with E-state index in [9.17, 15) is 14.7 Å². The van der Waals surface area contributed by atoms with E-state index in [0.717, 1.165) is 16.8 Å². The summed E-state index contributed by atoms with van der Waals surface area (Å²) >= 11 is 0. The molecule has 0 aliphatic carbocycles. The molecular weight excluding hydrogens is 560 g/mol. The van der Waals surface area contributed by atoms with Gasteiger partial charge in [-0.05, 0) is 52.9 Å². The van der Waals surface area contributed by atoms with E-state index in [4.69, 9.17) is 15.2 Å². The fourth-order valence-electron chi connectivity index (χ4n) is 4.76. The number of anilines is 4. The fourth-order valence-corrected chi connectivity index (χ4v) is 4.76. The second kappa shape index (κ2) is 11.9. The van der Waals surface area contributed by atoms with Crippen molar-refractivity contribution in [1.82, 2.24) is 15.0 Å². The molecule has 0 aliphatic heterocycles. The van der Waals surface area contributed by atoms with Crippen LogP contribution in [0.4, 0.5) is 22.7 Å². The van der Waals surface area contributed by atoms with Crippen molar-refractivity contribution in [3.05, 3.63) is 89.7 Å². The SMILES string of the molecule is COc1ncc(-c2ccc3c(Nc4cc(Nc5cccc(C(C)(C)C)c5)cc(C(=O)O)c4)c(C(N)=O)cnc3c2)c(OC)n1. The molecule has 0 spiro atoms. The second-order valence-corrected chi connectivity index (χ2v) is 11.1. The number of carbonyl (C=O) groups excluding carboxylic acids is 1. The number of ether oxygens (including phenoxy) is 2. The number of hydrogen-bond donors (Lipinski definition) is 4. The van der Waals surface area contributed by atoms with E-state index in [0.29, 0.717) is 39.4 Å². The van der Waals surface area contributed by atoms with Crippen molar-refractivity contribution in [2.45, 2.75) is 26.2 Å². The third-order valence-electron chi connectivity index (χ3n) is 7.02. The van der Waals surface area contributed by atoms with Gasteiger partial charge in [-0.1, -0.05) is 45.0 Å². The summed E-state index contributed by atoms with van der Waals surface area (Å²) in [5, 5.41) is 17.0. The van der Waals surface area contributed by atoms with Gasteiger partial charge in [0.25, 0.3) is 5.91 Å². The van der Waals surface area contributed by atoms with E-state index < -0.39 is 11.9 Å². The van der Waals surface area contributed by atoms with Crippen molar-refractivity contribution < 1.29 is 24.2 Å². The van der Waals surface area contributed by atoms with Gasteiger partial charge in [0, 0.05) is 34.8 Å². The Morgan fingerprint density at radius 1 is 0.864 bits per heavy atom. The predicted molar refractivity (Wildman–Crippen MR) is 169 cm³/mol. The maximum Gasteiger partial charge on any atom is 0.335 e. The molecular formula is C33H32N6O5. The standard InChI is InChI=1S/C33H32N6O5/c1-33(2,3)20-7-6-8-21(14-20)37-22-11-19(31(41)42)12-23(15-22)38-28-24-10-9-18(13-27(24)35-17-26(28)29(34)40)25-16-36-32(44-5)39-30(25)43-4/h6-17,37H,1-5H3,(H2,34,40)(H,35,38)(H,41,42). The summed E-state index contributed by atoms with van der Waals surface area (Å²) in [6.45, 7) is 6.37. The molecule has 1 amide bonds. The molecule has 11 nitrogen and oxygen atoms in total. The molecule has 5 N–H and O–H groups in total. The molecule has 0 bridgehead atoms. The van der Waals surface area contributed by atoms with Crippen molar-refractivity contribution >= 4 is 45.5 Å². The van der Waals surface area contributed by atoms with Crippen LogP contribution in [0.5, 0.6) is 11.9 Å². The number of carboxylic acid groups (broad SMARTS) is 1. The van der Waals surface area contributed by atoms with E-state index in [1.807, 2.05) is 30.3 Å². The molecule has 3 aromatic carbocycles. The van der Waals surface area contributed by atoms with E-state index in [-0.39, 0.29) is 22.6 Å². The highest BCUT2D eigenvalue weighted by molar-refractivity contribution is 6.08. The third kappa shape index (κ3) is 6.21. The first-order chi connectivity index (χ1) is 21.0. The smallest absolute Gasteiger partial charge is 0.335 e. The number of methoxy groups -OCH3 is 2. The van der Waals surface area contributed by atoms with Crippen LogP contribution in [0, 0.1) is 0 Å². The number of nitrogens with two attached hydrogens (primary N) is 1. The zero-order chi connectivity index (χ0) is 31.6. The molecule has 44 heavy (non-hydrogen) atoms. The highest BCUT2D eigenvalue weighted by Gasteiger charge is 2.18. The highest BCUT2D eigenvalue weighted by Crippen LogP contribution is 2.36. The molecule has 0 fully saturated rings. The molecule has 5 aromatic rings. The number of nitrogens with one attached hydrogen (secondary N) is 2. The van der Waals surface area contributed by atoms with Crippen LogP contribution in [0.2, 0.25) is 0 Å². The van der Waals surface area contributed by atoms with Crippen molar-refractivity contribution in [2.75, 3.05) is 24.9 Å². The molecule has 0 aliphatic rings. The number of pyridine rings is 1. The monoisotopic (exact) mass is 592 g/mol. The second-order valence-electron chi connectivity index (χ2n) is 11.1. The van der Waals surface area contributed by atoms with Crippen LogP contribution in [0.15, 0.2) is 73.1 Å². The Balaban J connectivity index is 1.57. The lowest BCUT2D eigenvalue weighted by Crippen LogP contribution is -2.14. The van der Waals surface area contributed by atoms with E-state index >= 15 is 0 Å². The number of amides is 1. The van der Waals surface area contributed by atoms with E-state index in [1.54, 1.807) is 24.4 Å². The Labute approximate surface area is 254 Å². The summed E-state index contributed by atoms with van der Waals surface area (Å²) in [6.07, 6.45) is 2.97. The number of primary amides is 1. The Bertz CT molecular complexity index is 1900. The zero-order valence-corrected chi connectivity index (χ0v) is 24.9. The molecule has 0 saturated carbocycles. The van der Waals surface area contributed by atoms with Crippen LogP contribution in [0.1, 0.15) is 47.1 Å². The number of aromatic nitrogens is 3. The summed E-state index contributed by atoms with van der Waals surface area (Å²) in [6, 6.07) is 18.3. The van der Waals surface area contributed by atoms with Gasteiger partial charge in [0.05, 0.1) is 42.1 Å². The number of rotatable bonds is 9. The molecule has 0 radical (unpaired) electrons. The molecule has 0 saturated heterocycles. The Kier molecular flexibility index (Phi) is 8.04. The van der Waals surface area contributed by atoms with Crippen LogP contribution in [0.3, 0.4) is 0 Å². The molecule has 11 heteroatoms. The van der Waals surface area contributed by atoms with Crippen LogP contribution < -0.4 is 25.8 Å². The lowest BCUT2D eigenvalue weighted by atomic mass is 9.87. The number of fused-ring (bicyclic) bond motifs is 1. The number of aromatic carboxylic acids is 1. The van der Waals surface area contributed by atoms with Crippen LogP contribution in [0.25, 0.3) is 22.0 Å². The van der Waals surface area contributed by atoms with Crippen molar-refractivity contribution in [2.24, 2.45) is 5.73 Å². The van der Waals surface area contributed by atoms with Gasteiger partial charge in [0.2, 0.25) is 5.88 Å². The summed E-state index contributed by atoms with van der Waals surface area (Å²) in [5.41, 5.74) is 11.0. The Morgan fingerprint density at radius 3 is 2.27 bits per heavy atom. The Hall–Kier alpha value is -5.71. The number of benzene rings is 3. The molecule has 2 aromatic heterocycles. The molecule has 0 atom stereocenters. The number of carbonyl (C=O) groups is 2. The lowest BCUT2D eigenvalue weighted by molar-refractivity contribution is 0.0696. The topological polar surface area (TPSA) is 162 Å². The first kappa shape index (κ1) is 29.8. The fraction of sp³-hybridized carbons (Fsp3) is 0.182. The van der Waals surface area contributed by atoms with Crippen LogP contribution in [-0.4, -0.2) is 46.2 Å². The largest absolute Gasteiger partial charge is 0.480 e. The average molecular weight is 593 g/mol. The minimum atomic E-state index is -1.10. The zero-order valence-electron chi connectivity index (χ0n) is 24.9. The summed E-state index contributed by atoms with van der Waals surface area (Å²) in [5.74, 6) is -1.47. The predicted octanol–water partition coefficient (Wildman–Crippen LogP) is 6.29. The van der Waals surface area contributed by atoms with Gasteiger partial charge in [-0.2, -0.15) is 4.98 Å².